The van der Waals surface area contributed by atoms with E-state index in [2.05, 4.69) is 72.2 Å². The van der Waals surface area contributed by atoms with E-state index in [1.807, 2.05) is 37.3 Å². The normalized spacial score (nSPS) is 22.6. The number of carbonyl (C=O) groups excluding carboxylic acids is 2. The summed E-state index contributed by atoms with van der Waals surface area (Å²) in [6.45, 7) is 2.61. The molecule has 1 fully saturated rings. The number of ether oxygens (including phenoxy) is 2. The minimum Gasteiger partial charge on any atom is -0.462 e. The summed E-state index contributed by atoms with van der Waals surface area (Å²) in [6.07, 6.45) is 36.0. The van der Waals surface area contributed by atoms with Crippen molar-refractivity contribution in [2.24, 2.45) is 0 Å². The first kappa shape index (κ1) is 67.1. The highest BCUT2D eigenvalue weighted by atomic mass is 31.2. The molecule has 1 aliphatic carbocycles. The lowest BCUT2D eigenvalue weighted by Gasteiger charge is -2.43. The van der Waals surface area contributed by atoms with Crippen molar-refractivity contribution >= 4 is 27.6 Å². The van der Waals surface area contributed by atoms with Crippen LogP contribution in [0, 0.1) is 0 Å². The Morgan fingerprint density at radius 3 is 1.64 bits per heavy atom. The lowest BCUT2D eigenvalue weighted by molar-refractivity contribution is -0.216. The van der Waals surface area contributed by atoms with Crippen LogP contribution in [0.15, 0.2) is 134 Å². The van der Waals surface area contributed by atoms with Gasteiger partial charge < -0.3 is 54.8 Å². The van der Waals surface area contributed by atoms with Crippen LogP contribution in [-0.2, 0) is 41.8 Å². The Labute approximate surface area is 431 Å². The summed E-state index contributed by atoms with van der Waals surface area (Å²) >= 11 is 0. The number of allylic oxidation sites excluding steroid dienone is 18. The molecule has 0 heterocycles. The van der Waals surface area contributed by atoms with Gasteiger partial charge >= 0.3 is 27.6 Å². The SMILES string of the molecule is CC/C=C\C/C=C\C/C=C\C/C=C\C/C=C\CCCCCC(=O)OC[C@H](COP(=O)(O)O[C@H]1C(O)C(O)C(O)[C@@H](OP(=O)(O)O)C1O)OC(=O)CCC/C=C\[C@@H](O)/C=C/C=C\C/C=C\C=C\[C@@H](O)C/C=C\CC. The van der Waals surface area contributed by atoms with Crippen LogP contribution in [-0.4, -0.2) is 125 Å². The van der Waals surface area contributed by atoms with Gasteiger partial charge in [-0.1, -0.05) is 154 Å². The van der Waals surface area contributed by atoms with E-state index in [4.69, 9.17) is 18.5 Å². The van der Waals surface area contributed by atoms with Gasteiger partial charge in [-0.05, 0) is 83.5 Å². The maximum atomic E-state index is 13.0. The molecule has 0 bridgehead atoms. The molecule has 0 amide bonds. The predicted molar refractivity (Wildman–Crippen MR) is 280 cm³/mol. The molecule has 1 saturated carbocycles. The van der Waals surface area contributed by atoms with Gasteiger partial charge in [-0.2, -0.15) is 0 Å². The van der Waals surface area contributed by atoms with Crippen LogP contribution in [0.2, 0.25) is 0 Å². The molecule has 0 aromatic heterocycles. The van der Waals surface area contributed by atoms with Gasteiger partial charge in [0.2, 0.25) is 0 Å². The van der Waals surface area contributed by atoms with Crippen LogP contribution in [0.1, 0.15) is 117 Å². The van der Waals surface area contributed by atoms with Crippen molar-refractivity contribution in [2.45, 2.75) is 172 Å². The molecule has 0 spiro atoms. The van der Waals surface area contributed by atoms with Crippen molar-refractivity contribution in [1.82, 2.24) is 0 Å². The summed E-state index contributed by atoms with van der Waals surface area (Å²) in [7, 11) is -10.8. The topological polar surface area (TPSA) is 296 Å². The van der Waals surface area contributed by atoms with E-state index < -0.39 is 95.7 Å². The molecule has 1 aliphatic rings. The highest BCUT2D eigenvalue weighted by Gasteiger charge is 2.54. The Hall–Kier alpha value is -3.94. The number of carbonyl (C=O) groups is 2. The number of aliphatic hydroxyl groups is 6. The molecule has 0 saturated heterocycles. The van der Waals surface area contributed by atoms with E-state index in [1.165, 1.54) is 6.08 Å². The number of aliphatic hydroxyl groups excluding tert-OH is 6. The average Bonchev–Trinajstić information content (AvgIpc) is 3.34. The van der Waals surface area contributed by atoms with Crippen LogP contribution in [0.25, 0.3) is 0 Å². The van der Waals surface area contributed by atoms with E-state index >= 15 is 0 Å². The Bertz CT molecular complexity index is 1950. The molecule has 9 N–H and O–H groups in total. The molecule has 18 nitrogen and oxygen atoms in total. The average molecular weight is 1070 g/mol. The molecular weight excluding hydrogens is 987 g/mol. The number of phosphoric ester groups is 2. The highest BCUT2D eigenvalue weighted by molar-refractivity contribution is 7.47. The molecular formula is C53H82O18P2. The smallest absolute Gasteiger partial charge is 0.462 e. The summed E-state index contributed by atoms with van der Waals surface area (Å²) in [5.41, 5.74) is 0. The maximum Gasteiger partial charge on any atom is 0.472 e. The zero-order chi connectivity index (χ0) is 54.2. The highest BCUT2D eigenvalue weighted by Crippen LogP contribution is 2.49. The second-order valence-electron chi connectivity index (χ2n) is 16.8. The van der Waals surface area contributed by atoms with E-state index in [0.717, 1.165) is 57.8 Å². The van der Waals surface area contributed by atoms with E-state index in [-0.39, 0.29) is 19.3 Å². The summed E-state index contributed by atoms with van der Waals surface area (Å²) in [5, 5.41) is 61.4. The number of unbranched alkanes of at least 4 members (excludes halogenated alkanes) is 4. The molecule has 0 aromatic rings. The van der Waals surface area contributed by atoms with E-state index in [9.17, 15) is 64.0 Å². The zero-order valence-corrected chi connectivity index (χ0v) is 44.0. The number of rotatable bonds is 39. The fraction of sp³-hybridized carbons (Fsp3) is 0.547. The van der Waals surface area contributed by atoms with E-state index in [1.54, 1.807) is 36.5 Å². The van der Waals surface area contributed by atoms with Gasteiger partial charge in [-0.15, -0.1) is 0 Å². The van der Waals surface area contributed by atoms with E-state index in [0.29, 0.717) is 25.7 Å². The summed E-state index contributed by atoms with van der Waals surface area (Å²) < 4.78 is 49.3. The first-order valence-corrected chi connectivity index (χ1v) is 28.0. The molecule has 0 aliphatic heterocycles. The monoisotopic (exact) mass is 1070 g/mol. The summed E-state index contributed by atoms with van der Waals surface area (Å²) in [6, 6.07) is 0. The minimum absolute atomic E-state index is 0.0291. The first-order chi connectivity index (χ1) is 34.9. The van der Waals surface area contributed by atoms with Crippen LogP contribution in [0.4, 0.5) is 0 Å². The molecule has 412 valence electrons. The Morgan fingerprint density at radius 1 is 0.521 bits per heavy atom. The first-order valence-electron chi connectivity index (χ1n) is 25.0. The van der Waals surface area contributed by atoms with Crippen molar-refractivity contribution in [2.75, 3.05) is 13.2 Å². The third-order valence-electron chi connectivity index (χ3n) is 10.4. The second kappa shape index (κ2) is 41.3. The Balaban J connectivity index is 2.71. The quantitative estimate of drug-likeness (QED) is 0.00926. The molecule has 0 radical (unpaired) electrons. The predicted octanol–water partition coefficient (Wildman–Crippen LogP) is 8.00. The molecule has 1 rings (SSSR count). The summed E-state index contributed by atoms with van der Waals surface area (Å²) in [5.74, 6) is -1.44. The largest absolute Gasteiger partial charge is 0.472 e. The number of hydrogen-bond donors (Lipinski definition) is 9. The van der Waals surface area contributed by atoms with Crippen molar-refractivity contribution < 1.29 is 87.1 Å². The van der Waals surface area contributed by atoms with Crippen molar-refractivity contribution in [3.8, 4) is 0 Å². The van der Waals surface area contributed by atoms with Gasteiger partial charge in [0.25, 0.3) is 0 Å². The Kier molecular flexibility index (Phi) is 38.0. The van der Waals surface area contributed by atoms with Gasteiger partial charge in [-0.3, -0.25) is 23.2 Å². The number of hydrogen-bond acceptors (Lipinski definition) is 15. The second-order valence-corrected chi connectivity index (χ2v) is 19.4. The van der Waals surface area contributed by atoms with Crippen molar-refractivity contribution in [3.63, 3.8) is 0 Å². The zero-order valence-electron chi connectivity index (χ0n) is 42.2. The van der Waals surface area contributed by atoms with Crippen LogP contribution >= 0.6 is 15.6 Å². The number of esters is 2. The van der Waals surface area contributed by atoms with Gasteiger partial charge in [0.1, 0.15) is 43.2 Å². The van der Waals surface area contributed by atoms with Crippen LogP contribution in [0.5, 0.6) is 0 Å². The standard InChI is InChI=1S/C53H82O18P2/c1-3-5-7-8-9-10-11-12-13-14-15-16-17-18-19-20-24-27-33-39-46(56)67-41-45(42-68-73(65,66)71-53-50(60)48(58)49(59)52(51(53)61)70-72(62,63)64)69-47(57)40-34-28-32-38-44(55)37-31-26-23-21-22-25-30-36-43(54)35-29-6-4-2/h5-7,9-10,12-13,15-16,18-19,22-23,25-26,29-32,36-38,43-45,48-55,58-61H,3-4,8,11,14,17,20-21,24,27-28,33-35,39-42H2,1-2H3,(H,65,66)(H2,62,63,64)/b7-5-,10-9-,13-12-,16-15-,19-18-,25-22-,26-23-,29-6-,36-30+,37-31+,38-32-/t43-,44-,45+,48?,49?,50?,51?,52+,53-/m0/s1. The van der Waals surface area contributed by atoms with Gasteiger partial charge in [0.05, 0.1) is 18.8 Å². The molecule has 5 unspecified atom stereocenters. The maximum absolute atomic E-state index is 13.0. The molecule has 73 heavy (non-hydrogen) atoms. The fourth-order valence-corrected chi connectivity index (χ4v) is 8.09. The minimum atomic E-state index is -5.40. The molecule has 10 atom stereocenters. The van der Waals surface area contributed by atoms with Crippen LogP contribution < -0.4 is 0 Å². The third kappa shape index (κ3) is 35.8. The van der Waals surface area contributed by atoms with Gasteiger partial charge in [0, 0.05) is 12.8 Å². The molecule has 0 aromatic carbocycles. The third-order valence-corrected chi connectivity index (χ3v) is 11.9. The van der Waals surface area contributed by atoms with Gasteiger partial charge in [-0.25, -0.2) is 9.13 Å². The lowest BCUT2D eigenvalue weighted by atomic mass is 9.85. The van der Waals surface area contributed by atoms with Crippen molar-refractivity contribution in [3.05, 3.63) is 134 Å². The molecule has 20 heteroatoms. The van der Waals surface area contributed by atoms with Crippen LogP contribution in [0.3, 0.4) is 0 Å². The van der Waals surface area contributed by atoms with Gasteiger partial charge in [0.15, 0.2) is 6.10 Å². The van der Waals surface area contributed by atoms with Crippen molar-refractivity contribution in [1.29, 1.82) is 0 Å². The Morgan fingerprint density at radius 2 is 1.04 bits per heavy atom. The lowest BCUT2D eigenvalue weighted by Crippen LogP contribution is -2.64. The fourth-order valence-electron chi connectivity index (χ4n) is 6.56. The summed E-state index contributed by atoms with van der Waals surface area (Å²) in [4.78, 5) is 54.4. The number of phosphoric acid groups is 2.